The van der Waals surface area contributed by atoms with Crippen LogP contribution in [0, 0.1) is 6.92 Å². The molecule has 1 heterocycles. The van der Waals surface area contributed by atoms with Crippen molar-refractivity contribution in [1.82, 2.24) is 4.90 Å². The van der Waals surface area contributed by atoms with E-state index in [1.807, 2.05) is 12.2 Å². The van der Waals surface area contributed by atoms with Crippen molar-refractivity contribution >= 4 is 11.7 Å². The lowest BCUT2D eigenvalue weighted by atomic mass is 10.0. The molecule has 35 heavy (non-hydrogen) atoms. The molecule has 0 spiro atoms. The number of nitrogens with zero attached hydrogens (tertiary/aromatic N) is 1. The van der Waals surface area contributed by atoms with Crippen LogP contribution in [0.1, 0.15) is 62.5 Å². The van der Waals surface area contributed by atoms with Crippen LogP contribution in [0.4, 0.5) is 0 Å². The van der Waals surface area contributed by atoms with Crippen LogP contribution in [-0.4, -0.2) is 50.4 Å². The Morgan fingerprint density at radius 2 is 1.74 bits per heavy atom. The van der Waals surface area contributed by atoms with Crippen molar-refractivity contribution in [1.29, 1.82) is 0 Å². The zero-order chi connectivity index (χ0) is 25.5. The van der Waals surface area contributed by atoms with Crippen molar-refractivity contribution in [3.63, 3.8) is 0 Å². The quantitative estimate of drug-likeness (QED) is 0.422. The second-order valence-electron chi connectivity index (χ2n) is 9.12. The highest BCUT2D eigenvalue weighted by molar-refractivity contribution is 5.96. The molecule has 0 radical (unpaired) electrons. The lowest BCUT2D eigenvalue weighted by molar-refractivity contribution is -0.119. The highest BCUT2D eigenvalue weighted by Gasteiger charge is 2.11. The number of primary amides is 1. The fraction of sp³-hybridized carbons (Fsp3) is 0.517. The number of benzene rings is 1. The summed E-state index contributed by atoms with van der Waals surface area (Å²) in [7, 11) is 3.33. The van der Waals surface area contributed by atoms with Crippen LogP contribution in [0.2, 0.25) is 0 Å². The minimum atomic E-state index is -0.313. The Kier molecular flexibility index (Phi) is 12.9. The van der Waals surface area contributed by atoms with Crippen LogP contribution in [-0.2, 0) is 20.7 Å². The summed E-state index contributed by atoms with van der Waals surface area (Å²) in [5.74, 6) is 1.55. The third kappa shape index (κ3) is 11.0. The van der Waals surface area contributed by atoms with Gasteiger partial charge in [-0.05, 0) is 106 Å². The monoisotopic (exact) mass is 482 g/mol. The molecule has 192 valence electrons. The molecular formula is C29H42N2O4. The number of rotatable bonds is 12. The van der Waals surface area contributed by atoms with Crippen molar-refractivity contribution in [3.8, 4) is 5.75 Å². The minimum Gasteiger partial charge on any atom is -0.497 e. The molecule has 0 bridgehead atoms. The maximum atomic E-state index is 11.9. The lowest BCUT2D eigenvalue weighted by Gasteiger charge is -2.14. The van der Waals surface area contributed by atoms with E-state index in [4.69, 9.17) is 15.2 Å². The van der Waals surface area contributed by atoms with Crippen molar-refractivity contribution in [2.45, 2.75) is 64.7 Å². The molecule has 1 aliphatic carbocycles. The molecule has 2 N–H and O–H groups in total. The number of carbonyl (C=O) groups is 2. The fourth-order valence-electron chi connectivity index (χ4n) is 4.31. The number of unbranched alkanes of at least 4 members (excludes halogenated alkanes) is 1. The third-order valence-corrected chi connectivity index (χ3v) is 6.34. The van der Waals surface area contributed by atoms with Gasteiger partial charge in [0.2, 0.25) is 5.91 Å². The summed E-state index contributed by atoms with van der Waals surface area (Å²) in [6.07, 6.45) is 15.4. The van der Waals surface area contributed by atoms with Gasteiger partial charge in [-0.25, -0.2) is 0 Å². The largest absolute Gasteiger partial charge is 0.497 e. The number of hydrogen-bond donors (Lipinski definition) is 1. The van der Waals surface area contributed by atoms with Gasteiger partial charge in [0.05, 0.1) is 14.2 Å². The number of carbonyl (C=O) groups excluding carboxylic acids is 2. The minimum absolute atomic E-state index is 0.123. The Labute approximate surface area is 210 Å². The van der Waals surface area contributed by atoms with Crippen LogP contribution in [0.3, 0.4) is 0 Å². The molecule has 0 atom stereocenters. The number of hydrogen-bond acceptors (Lipinski definition) is 5. The van der Waals surface area contributed by atoms with E-state index in [2.05, 4.69) is 30.0 Å². The molecule has 0 saturated carbocycles. The van der Waals surface area contributed by atoms with Crippen LogP contribution >= 0.6 is 0 Å². The van der Waals surface area contributed by atoms with Crippen molar-refractivity contribution in [3.05, 3.63) is 65.0 Å². The topological polar surface area (TPSA) is 81.9 Å². The summed E-state index contributed by atoms with van der Waals surface area (Å²) in [4.78, 5) is 25.0. The Bertz CT molecular complexity index is 911. The van der Waals surface area contributed by atoms with Crippen molar-refractivity contribution in [2.24, 2.45) is 5.73 Å². The zero-order valence-corrected chi connectivity index (χ0v) is 21.7. The van der Waals surface area contributed by atoms with Crippen LogP contribution in [0.15, 0.2) is 53.8 Å². The molecule has 6 nitrogen and oxygen atoms in total. The predicted octanol–water partition coefficient (Wildman–Crippen LogP) is 5.05. The Balaban J connectivity index is 0.000000247. The summed E-state index contributed by atoms with van der Waals surface area (Å²) in [6, 6.07) is 6.53. The number of aryl methyl sites for hydroxylation is 2. The molecule has 1 amide bonds. The summed E-state index contributed by atoms with van der Waals surface area (Å²) < 4.78 is 10.4. The molecule has 0 unspecified atom stereocenters. The number of methoxy groups -OCH3 is 2. The lowest BCUT2D eigenvalue weighted by Crippen LogP contribution is -2.20. The molecule has 2 aliphatic rings. The predicted molar refractivity (Wildman–Crippen MR) is 141 cm³/mol. The smallest absolute Gasteiger partial charge is 0.217 e. The molecular weight excluding hydrogens is 440 g/mol. The molecule has 3 rings (SSSR count). The number of likely N-dealkylation sites (tertiary alicyclic amines) is 1. The normalized spacial score (nSPS) is 15.4. The van der Waals surface area contributed by atoms with E-state index in [9.17, 15) is 9.59 Å². The van der Waals surface area contributed by atoms with Gasteiger partial charge >= 0.3 is 0 Å². The van der Waals surface area contributed by atoms with Gasteiger partial charge in [0, 0.05) is 12.8 Å². The van der Waals surface area contributed by atoms with E-state index in [0.29, 0.717) is 32.1 Å². The third-order valence-electron chi connectivity index (χ3n) is 6.34. The maximum Gasteiger partial charge on any atom is 0.217 e. The average Bonchev–Trinajstić information content (AvgIpc) is 3.24. The van der Waals surface area contributed by atoms with Gasteiger partial charge in [-0.1, -0.05) is 24.3 Å². The summed E-state index contributed by atoms with van der Waals surface area (Å²) in [5, 5.41) is 0. The van der Waals surface area contributed by atoms with Gasteiger partial charge in [0.15, 0.2) is 5.78 Å². The molecule has 6 heteroatoms. The number of ether oxygens (including phenoxy) is 2. The first kappa shape index (κ1) is 28.4. The van der Waals surface area contributed by atoms with Crippen LogP contribution in [0.5, 0.6) is 5.75 Å². The Hall–Kier alpha value is -2.86. The Morgan fingerprint density at radius 1 is 1.00 bits per heavy atom. The van der Waals surface area contributed by atoms with E-state index < -0.39 is 0 Å². The highest BCUT2D eigenvalue weighted by atomic mass is 16.5. The first-order chi connectivity index (χ1) is 16.9. The number of nitrogens with two attached hydrogens (primary N) is 1. The van der Waals surface area contributed by atoms with E-state index in [-0.39, 0.29) is 11.7 Å². The maximum absolute atomic E-state index is 11.9. The van der Waals surface area contributed by atoms with Crippen LogP contribution in [0.25, 0.3) is 0 Å². The molecule has 1 aromatic carbocycles. The van der Waals surface area contributed by atoms with E-state index in [1.54, 1.807) is 26.4 Å². The van der Waals surface area contributed by atoms with Gasteiger partial charge in [-0.2, -0.15) is 0 Å². The average molecular weight is 483 g/mol. The number of Topliss-reactive ketones (excluding diaryl/α,β-unsaturated/α-hetero) is 1. The second kappa shape index (κ2) is 15.9. The number of ketones is 1. The SMILES string of the molecule is COC1=CC=C(C(=O)CCCCC(N)=O)CC=C1.COc1ccc(CCCN2CCCC2)cc1C. The van der Waals surface area contributed by atoms with Gasteiger partial charge < -0.3 is 20.1 Å². The fourth-order valence-corrected chi connectivity index (χ4v) is 4.31. The summed E-state index contributed by atoms with van der Waals surface area (Å²) in [5.41, 5.74) is 8.49. The number of allylic oxidation sites excluding steroid dienone is 5. The first-order valence-electron chi connectivity index (χ1n) is 12.7. The molecule has 1 fully saturated rings. The van der Waals surface area contributed by atoms with E-state index >= 15 is 0 Å². The van der Waals surface area contributed by atoms with Gasteiger partial charge in [0.25, 0.3) is 0 Å². The standard InChI is InChI=1S/C15H23NO.C14H19NO3/c1-13-12-14(7-8-15(13)17-2)6-5-11-16-9-3-4-10-16;1-18-12-6-4-5-11(9-10-12)13(16)7-2-3-8-14(15)17/h7-8,12H,3-6,9-11H2,1-2H3;4,6,9-10H,2-3,5,7-8H2,1H3,(H2,15,17). The van der Waals surface area contributed by atoms with E-state index in [1.165, 1.54) is 56.4 Å². The summed E-state index contributed by atoms with van der Waals surface area (Å²) in [6.45, 7) is 5.98. The van der Waals surface area contributed by atoms with Crippen molar-refractivity contribution < 1.29 is 19.1 Å². The highest BCUT2D eigenvalue weighted by Crippen LogP contribution is 2.20. The van der Waals surface area contributed by atoms with Crippen molar-refractivity contribution in [2.75, 3.05) is 33.9 Å². The second-order valence-corrected chi connectivity index (χ2v) is 9.12. The molecule has 0 aromatic heterocycles. The Morgan fingerprint density at radius 3 is 2.40 bits per heavy atom. The number of amides is 1. The molecule has 1 aromatic rings. The first-order valence-corrected chi connectivity index (χ1v) is 12.7. The zero-order valence-electron chi connectivity index (χ0n) is 21.7. The summed E-state index contributed by atoms with van der Waals surface area (Å²) >= 11 is 0. The van der Waals surface area contributed by atoms with Crippen LogP contribution < -0.4 is 10.5 Å². The van der Waals surface area contributed by atoms with Gasteiger partial charge in [-0.3, -0.25) is 9.59 Å². The van der Waals surface area contributed by atoms with E-state index in [0.717, 1.165) is 17.1 Å². The van der Waals surface area contributed by atoms with Gasteiger partial charge in [0.1, 0.15) is 11.5 Å². The molecule has 1 aliphatic heterocycles. The van der Waals surface area contributed by atoms with Gasteiger partial charge in [-0.15, -0.1) is 0 Å². The molecule has 1 saturated heterocycles.